The number of hydrogen-bond donors (Lipinski definition) is 1. The van der Waals surface area contributed by atoms with Crippen molar-refractivity contribution < 1.29 is 8.78 Å². The third kappa shape index (κ3) is 2.41. The van der Waals surface area contributed by atoms with Crippen LogP contribution < -0.4 is 5.32 Å². The molecule has 0 aromatic rings. The van der Waals surface area contributed by atoms with Gasteiger partial charge in [-0.2, -0.15) is 0 Å². The van der Waals surface area contributed by atoms with Crippen LogP contribution in [0.5, 0.6) is 0 Å². The van der Waals surface area contributed by atoms with Crippen molar-refractivity contribution in [1.82, 2.24) is 5.32 Å². The normalized spacial score (nSPS) is 32.8. The van der Waals surface area contributed by atoms with E-state index >= 15 is 0 Å². The Morgan fingerprint density at radius 3 is 2.42 bits per heavy atom. The predicted octanol–water partition coefficient (Wildman–Crippen LogP) is 2.42. The largest absolute Gasteiger partial charge is 0.306 e. The molecule has 1 nitrogen and oxygen atoms in total. The molecule has 0 radical (unpaired) electrons. The summed E-state index contributed by atoms with van der Waals surface area (Å²) in [5.41, 5.74) is 0. The molecule has 0 aliphatic heterocycles. The molecular weight excluding hydrogens is 160 g/mol. The minimum absolute atomic E-state index is 0.314. The van der Waals surface area contributed by atoms with E-state index in [9.17, 15) is 8.78 Å². The Morgan fingerprint density at radius 2 is 2.00 bits per heavy atom. The Labute approximate surface area is 72.5 Å². The highest BCUT2D eigenvalue weighted by atomic mass is 19.3. The Balaban J connectivity index is 2.30. The number of halogens is 2. The standard InChI is InChI=1S/C9H17F2N/c1-6-4-3-5-8(6)12-7(2)9(10)11/h6-9,12H,3-5H2,1-2H3. The van der Waals surface area contributed by atoms with E-state index in [1.807, 2.05) is 0 Å². The van der Waals surface area contributed by atoms with Gasteiger partial charge in [-0.15, -0.1) is 0 Å². The summed E-state index contributed by atoms with van der Waals surface area (Å²) in [4.78, 5) is 0. The number of hydrogen-bond acceptors (Lipinski definition) is 1. The second-order valence-electron chi connectivity index (χ2n) is 3.80. The Morgan fingerprint density at radius 1 is 1.33 bits per heavy atom. The van der Waals surface area contributed by atoms with Crippen molar-refractivity contribution in [2.45, 2.75) is 51.6 Å². The molecule has 3 atom stereocenters. The van der Waals surface area contributed by atoms with E-state index in [4.69, 9.17) is 0 Å². The highest BCUT2D eigenvalue weighted by Gasteiger charge is 2.26. The van der Waals surface area contributed by atoms with Crippen molar-refractivity contribution >= 4 is 0 Å². The average Bonchev–Trinajstić information content (AvgIpc) is 2.36. The molecule has 1 aliphatic carbocycles. The van der Waals surface area contributed by atoms with Crippen molar-refractivity contribution in [3.8, 4) is 0 Å². The van der Waals surface area contributed by atoms with E-state index in [1.54, 1.807) is 6.92 Å². The van der Waals surface area contributed by atoms with Crippen LogP contribution in [0.25, 0.3) is 0 Å². The Hall–Kier alpha value is -0.180. The van der Waals surface area contributed by atoms with Crippen LogP contribution in [0.2, 0.25) is 0 Å². The molecule has 1 saturated carbocycles. The first-order valence-corrected chi connectivity index (χ1v) is 4.65. The molecule has 3 unspecified atom stereocenters. The summed E-state index contributed by atoms with van der Waals surface area (Å²) < 4.78 is 24.3. The first kappa shape index (κ1) is 9.90. The van der Waals surface area contributed by atoms with Crippen LogP contribution in [0.15, 0.2) is 0 Å². The van der Waals surface area contributed by atoms with Gasteiger partial charge in [-0.3, -0.25) is 0 Å². The summed E-state index contributed by atoms with van der Waals surface area (Å²) in [7, 11) is 0. The Kier molecular flexibility index (Phi) is 3.44. The van der Waals surface area contributed by atoms with Crippen LogP contribution >= 0.6 is 0 Å². The lowest BCUT2D eigenvalue weighted by Gasteiger charge is -2.22. The third-order valence-electron chi connectivity index (χ3n) is 2.72. The van der Waals surface area contributed by atoms with Crippen LogP contribution in [-0.4, -0.2) is 18.5 Å². The van der Waals surface area contributed by atoms with Crippen LogP contribution in [0.3, 0.4) is 0 Å². The molecule has 0 saturated heterocycles. The van der Waals surface area contributed by atoms with E-state index in [-0.39, 0.29) is 0 Å². The maximum atomic E-state index is 12.1. The van der Waals surface area contributed by atoms with Gasteiger partial charge in [-0.25, -0.2) is 8.78 Å². The number of rotatable bonds is 3. The van der Waals surface area contributed by atoms with Gasteiger partial charge in [-0.05, 0) is 25.7 Å². The molecule has 0 bridgehead atoms. The Bertz CT molecular complexity index is 138. The molecular formula is C9H17F2N. The van der Waals surface area contributed by atoms with Crippen molar-refractivity contribution in [2.24, 2.45) is 5.92 Å². The summed E-state index contributed by atoms with van der Waals surface area (Å²) in [6.45, 7) is 3.68. The molecule has 1 N–H and O–H groups in total. The first-order valence-electron chi connectivity index (χ1n) is 4.65. The molecule has 0 heterocycles. The van der Waals surface area contributed by atoms with Crippen LogP contribution in [-0.2, 0) is 0 Å². The van der Waals surface area contributed by atoms with E-state index in [2.05, 4.69) is 12.2 Å². The van der Waals surface area contributed by atoms with Crippen LogP contribution in [0.4, 0.5) is 8.78 Å². The van der Waals surface area contributed by atoms with E-state index in [0.29, 0.717) is 12.0 Å². The van der Waals surface area contributed by atoms with Crippen molar-refractivity contribution in [3.63, 3.8) is 0 Å². The topological polar surface area (TPSA) is 12.0 Å². The van der Waals surface area contributed by atoms with Gasteiger partial charge in [0.15, 0.2) is 0 Å². The highest BCUT2D eigenvalue weighted by molar-refractivity contribution is 4.82. The van der Waals surface area contributed by atoms with Crippen LogP contribution in [0.1, 0.15) is 33.1 Å². The molecule has 1 rings (SSSR count). The summed E-state index contributed by atoms with van der Waals surface area (Å²) in [5, 5.41) is 2.98. The second kappa shape index (κ2) is 4.17. The molecule has 0 aromatic carbocycles. The summed E-state index contributed by atoms with van der Waals surface area (Å²) in [6.07, 6.45) is 1.17. The fraction of sp³-hybridized carbons (Fsp3) is 1.00. The molecule has 72 valence electrons. The molecule has 12 heavy (non-hydrogen) atoms. The maximum Gasteiger partial charge on any atom is 0.253 e. The maximum absolute atomic E-state index is 12.1. The third-order valence-corrected chi connectivity index (χ3v) is 2.72. The highest BCUT2D eigenvalue weighted by Crippen LogP contribution is 2.25. The van der Waals surface area contributed by atoms with Crippen molar-refractivity contribution in [1.29, 1.82) is 0 Å². The van der Waals surface area contributed by atoms with E-state index in [0.717, 1.165) is 6.42 Å². The minimum atomic E-state index is -2.24. The monoisotopic (exact) mass is 177 g/mol. The van der Waals surface area contributed by atoms with Gasteiger partial charge in [-0.1, -0.05) is 13.3 Å². The zero-order valence-electron chi connectivity index (χ0n) is 7.69. The fourth-order valence-corrected chi connectivity index (χ4v) is 1.80. The first-order chi connectivity index (χ1) is 5.61. The predicted molar refractivity (Wildman–Crippen MR) is 45.4 cm³/mol. The van der Waals surface area contributed by atoms with Gasteiger partial charge in [0, 0.05) is 6.04 Å². The quantitative estimate of drug-likeness (QED) is 0.698. The number of alkyl halides is 2. The van der Waals surface area contributed by atoms with E-state index in [1.165, 1.54) is 12.8 Å². The number of nitrogens with one attached hydrogen (secondary N) is 1. The summed E-state index contributed by atoms with van der Waals surface area (Å²) >= 11 is 0. The SMILES string of the molecule is CC1CCCC1NC(C)C(F)F. The summed E-state index contributed by atoms with van der Waals surface area (Å²) in [6, 6.07) is -0.343. The second-order valence-corrected chi connectivity index (χ2v) is 3.80. The van der Waals surface area contributed by atoms with E-state index < -0.39 is 12.5 Å². The molecule has 0 spiro atoms. The van der Waals surface area contributed by atoms with Crippen molar-refractivity contribution in [2.75, 3.05) is 0 Å². The molecule has 0 aromatic heterocycles. The zero-order valence-corrected chi connectivity index (χ0v) is 7.69. The fourth-order valence-electron chi connectivity index (χ4n) is 1.80. The minimum Gasteiger partial charge on any atom is -0.306 e. The lowest BCUT2D eigenvalue weighted by atomic mass is 10.1. The molecule has 0 amide bonds. The lowest BCUT2D eigenvalue weighted by molar-refractivity contribution is 0.0972. The van der Waals surface area contributed by atoms with Crippen LogP contribution in [0, 0.1) is 5.92 Å². The van der Waals surface area contributed by atoms with Gasteiger partial charge in [0.05, 0.1) is 6.04 Å². The van der Waals surface area contributed by atoms with Crippen molar-refractivity contribution in [3.05, 3.63) is 0 Å². The van der Waals surface area contributed by atoms with Gasteiger partial charge in [0.1, 0.15) is 0 Å². The summed E-state index contributed by atoms with van der Waals surface area (Å²) in [5.74, 6) is 0.561. The average molecular weight is 177 g/mol. The van der Waals surface area contributed by atoms with Gasteiger partial charge >= 0.3 is 0 Å². The van der Waals surface area contributed by atoms with Gasteiger partial charge in [0.2, 0.25) is 0 Å². The van der Waals surface area contributed by atoms with Gasteiger partial charge in [0.25, 0.3) is 6.43 Å². The lowest BCUT2D eigenvalue weighted by Crippen LogP contribution is -2.41. The molecule has 3 heteroatoms. The smallest absolute Gasteiger partial charge is 0.253 e. The van der Waals surface area contributed by atoms with Gasteiger partial charge < -0.3 is 5.32 Å². The molecule has 1 fully saturated rings. The zero-order chi connectivity index (χ0) is 9.14. The molecule has 1 aliphatic rings.